The van der Waals surface area contributed by atoms with E-state index in [0.717, 1.165) is 14.9 Å². The van der Waals surface area contributed by atoms with E-state index >= 15 is 0 Å². The van der Waals surface area contributed by atoms with Gasteiger partial charge in [0.05, 0.1) is 0 Å². The number of hydrogen-bond acceptors (Lipinski definition) is 2. The van der Waals surface area contributed by atoms with Crippen molar-refractivity contribution in [2.75, 3.05) is 19.6 Å². The van der Waals surface area contributed by atoms with Crippen molar-refractivity contribution in [1.82, 2.24) is 10.2 Å². The Balaban J connectivity index is 1.73. The fourth-order valence-corrected chi connectivity index (χ4v) is 2.83. The molecule has 0 aliphatic carbocycles. The monoisotopic (exact) mass is 418 g/mol. The maximum Gasteiger partial charge on any atom is 0.471 e. The van der Waals surface area contributed by atoms with E-state index < -0.39 is 12.1 Å². The van der Waals surface area contributed by atoms with Crippen LogP contribution in [0.2, 0.25) is 0 Å². The number of nitrogens with one attached hydrogen (secondary N) is 1. The average molecular weight is 419 g/mol. The van der Waals surface area contributed by atoms with E-state index in [9.17, 15) is 22.8 Å². The van der Waals surface area contributed by atoms with Crippen molar-refractivity contribution in [3.05, 3.63) is 40.4 Å². The number of carbonyl (C=O) groups is 2. The second-order valence-electron chi connectivity index (χ2n) is 5.86. The summed E-state index contributed by atoms with van der Waals surface area (Å²) in [7, 11) is 0. The quantitative estimate of drug-likeness (QED) is 0.761. The van der Waals surface area contributed by atoms with Gasteiger partial charge in [-0.25, -0.2) is 0 Å². The zero-order valence-electron chi connectivity index (χ0n) is 13.4. The third-order valence-electron chi connectivity index (χ3n) is 4.01. The zero-order valence-corrected chi connectivity index (χ0v) is 14.9. The fraction of sp³-hybridized carbons (Fsp3) is 0.412. The minimum Gasteiger partial charge on any atom is -0.352 e. The molecule has 4 nitrogen and oxygen atoms in total. The number of likely N-dealkylation sites (tertiary alicyclic amines) is 1. The third kappa shape index (κ3) is 6.19. The molecule has 2 rings (SSSR count). The highest BCUT2D eigenvalue weighted by molar-refractivity contribution is 9.10. The molecule has 0 saturated carbocycles. The van der Waals surface area contributed by atoms with Crippen LogP contribution in [0.1, 0.15) is 18.4 Å². The number of halogens is 4. The van der Waals surface area contributed by atoms with E-state index in [1.54, 1.807) is 6.08 Å². The molecule has 1 saturated heterocycles. The van der Waals surface area contributed by atoms with E-state index in [1.165, 1.54) is 6.08 Å². The zero-order chi connectivity index (χ0) is 18.4. The number of carbonyl (C=O) groups excluding carboxylic acids is 2. The van der Waals surface area contributed by atoms with Crippen LogP contribution in [0.3, 0.4) is 0 Å². The predicted octanol–water partition coefficient (Wildman–Crippen LogP) is 3.38. The van der Waals surface area contributed by atoms with Gasteiger partial charge in [-0.05, 0) is 42.5 Å². The van der Waals surface area contributed by atoms with Crippen molar-refractivity contribution in [3.8, 4) is 0 Å². The van der Waals surface area contributed by atoms with Gasteiger partial charge in [-0.1, -0.05) is 28.1 Å². The molecule has 25 heavy (non-hydrogen) atoms. The first-order chi connectivity index (χ1) is 11.8. The van der Waals surface area contributed by atoms with Crippen LogP contribution in [0.4, 0.5) is 13.2 Å². The van der Waals surface area contributed by atoms with E-state index in [1.807, 2.05) is 24.3 Å². The Morgan fingerprint density at radius 3 is 2.36 bits per heavy atom. The number of nitrogens with zero attached hydrogens (tertiary/aromatic N) is 1. The van der Waals surface area contributed by atoms with Crippen LogP contribution in [-0.2, 0) is 9.59 Å². The summed E-state index contributed by atoms with van der Waals surface area (Å²) in [6.45, 7) is 0.513. The van der Waals surface area contributed by atoms with Gasteiger partial charge in [0.2, 0.25) is 5.91 Å². The first kappa shape index (κ1) is 19.5. The highest BCUT2D eigenvalue weighted by Crippen LogP contribution is 2.23. The first-order valence-corrected chi connectivity index (χ1v) is 8.62. The summed E-state index contributed by atoms with van der Waals surface area (Å²) < 4.78 is 38.1. The molecular formula is C17H18BrF3N2O2. The lowest BCUT2D eigenvalue weighted by Gasteiger charge is -2.32. The maximum atomic E-state index is 12.4. The van der Waals surface area contributed by atoms with Gasteiger partial charge in [-0.2, -0.15) is 13.2 Å². The standard InChI is InChI=1S/C17H18BrF3N2O2/c18-14-4-1-12(2-5-14)3-6-15(24)22-11-13-7-9-23(10-8-13)16(25)17(19,20)21/h1-6,13H,7-11H2,(H,22,24)/b6-3+. The molecule has 136 valence electrons. The molecule has 1 aliphatic rings. The van der Waals surface area contributed by atoms with Crippen LogP contribution in [0.5, 0.6) is 0 Å². The summed E-state index contributed by atoms with van der Waals surface area (Å²) in [6, 6.07) is 7.46. The van der Waals surface area contributed by atoms with Crippen LogP contribution in [0.25, 0.3) is 6.08 Å². The molecule has 1 aliphatic heterocycles. The number of benzene rings is 1. The smallest absolute Gasteiger partial charge is 0.352 e. The Bertz CT molecular complexity index is 636. The van der Waals surface area contributed by atoms with E-state index in [4.69, 9.17) is 0 Å². The van der Waals surface area contributed by atoms with Gasteiger partial charge in [0, 0.05) is 30.2 Å². The Kier molecular flexibility index (Phi) is 6.64. The number of alkyl halides is 3. The molecule has 8 heteroatoms. The summed E-state index contributed by atoms with van der Waals surface area (Å²) in [5.41, 5.74) is 0.886. The topological polar surface area (TPSA) is 49.4 Å². The SMILES string of the molecule is O=C(/C=C/c1ccc(Br)cc1)NCC1CCN(C(=O)C(F)(F)F)CC1. The Morgan fingerprint density at radius 2 is 1.80 bits per heavy atom. The molecule has 0 aromatic heterocycles. The van der Waals surface area contributed by atoms with Crippen LogP contribution < -0.4 is 5.32 Å². The van der Waals surface area contributed by atoms with Crippen molar-refractivity contribution in [2.45, 2.75) is 19.0 Å². The second-order valence-corrected chi connectivity index (χ2v) is 6.78. The average Bonchev–Trinajstić information content (AvgIpc) is 2.58. The van der Waals surface area contributed by atoms with Crippen molar-refractivity contribution < 1.29 is 22.8 Å². The van der Waals surface area contributed by atoms with Crippen molar-refractivity contribution >= 4 is 33.8 Å². The lowest BCUT2D eigenvalue weighted by atomic mass is 9.96. The molecule has 0 radical (unpaired) electrons. The van der Waals surface area contributed by atoms with E-state index in [2.05, 4.69) is 21.2 Å². The highest BCUT2D eigenvalue weighted by atomic mass is 79.9. The Labute approximate surface area is 152 Å². The number of rotatable bonds is 4. The molecule has 2 amide bonds. The maximum absolute atomic E-state index is 12.4. The summed E-state index contributed by atoms with van der Waals surface area (Å²) in [4.78, 5) is 23.8. The molecule has 0 atom stereocenters. The lowest BCUT2D eigenvalue weighted by Crippen LogP contribution is -2.46. The Hall–Kier alpha value is -1.83. The van der Waals surface area contributed by atoms with Gasteiger partial charge < -0.3 is 10.2 Å². The summed E-state index contributed by atoms with van der Waals surface area (Å²) in [6.07, 6.45) is -0.826. The molecule has 0 spiro atoms. The normalized spacial score (nSPS) is 16.2. The highest BCUT2D eigenvalue weighted by Gasteiger charge is 2.43. The van der Waals surface area contributed by atoms with E-state index in [0.29, 0.717) is 19.4 Å². The number of hydrogen-bond donors (Lipinski definition) is 1. The molecule has 1 fully saturated rings. The van der Waals surface area contributed by atoms with Crippen LogP contribution in [-0.4, -0.2) is 42.5 Å². The van der Waals surface area contributed by atoms with Gasteiger partial charge in [0.15, 0.2) is 0 Å². The number of amides is 2. The fourth-order valence-electron chi connectivity index (χ4n) is 2.57. The first-order valence-electron chi connectivity index (χ1n) is 7.83. The van der Waals surface area contributed by atoms with Crippen molar-refractivity contribution in [2.24, 2.45) is 5.92 Å². The molecule has 0 unspecified atom stereocenters. The van der Waals surface area contributed by atoms with Crippen LogP contribution in [0, 0.1) is 5.92 Å². The molecule has 1 N–H and O–H groups in total. The third-order valence-corrected chi connectivity index (χ3v) is 4.54. The lowest BCUT2D eigenvalue weighted by molar-refractivity contribution is -0.186. The Morgan fingerprint density at radius 1 is 1.20 bits per heavy atom. The van der Waals surface area contributed by atoms with Crippen molar-refractivity contribution in [1.29, 1.82) is 0 Å². The largest absolute Gasteiger partial charge is 0.471 e. The number of piperidine rings is 1. The predicted molar refractivity (Wildman–Crippen MR) is 91.5 cm³/mol. The molecule has 0 bridgehead atoms. The molecule has 1 heterocycles. The summed E-state index contributed by atoms with van der Waals surface area (Å²) in [5, 5.41) is 2.75. The van der Waals surface area contributed by atoms with Crippen LogP contribution >= 0.6 is 15.9 Å². The van der Waals surface area contributed by atoms with Gasteiger partial charge in [0.1, 0.15) is 0 Å². The molecular weight excluding hydrogens is 401 g/mol. The van der Waals surface area contributed by atoms with Gasteiger partial charge in [-0.15, -0.1) is 0 Å². The van der Waals surface area contributed by atoms with Gasteiger partial charge >= 0.3 is 12.1 Å². The van der Waals surface area contributed by atoms with Gasteiger partial charge in [0.25, 0.3) is 0 Å². The second kappa shape index (κ2) is 8.51. The van der Waals surface area contributed by atoms with Gasteiger partial charge in [-0.3, -0.25) is 9.59 Å². The minimum atomic E-state index is -4.82. The van der Waals surface area contributed by atoms with Crippen LogP contribution in [0.15, 0.2) is 34.8 Å². The van der Waals surface area contributed by atoms with E-state index in [-0.39, 0.29) is 24.9 Å². The minimum absolute atomic E-state index is 0.0631. The van der Waals surface area contributed by atoms with Crippen molar-refractivity contribution in [3.63, 3.8) is 0 Å². The summed E-state index contributed by atoms with van der Waals surface area (Å²) >= 11 is 3.33. The molecule has 1 aromatic carbocycles. The molecule has 1 aromatic rings. The summed E-state index contributed by atoms with van der Waals surface area (Å²) in [5.74, 6) is -1.97.